The van der Waals surface area contributed by atoms with Crippen LogP contribution < -0.4 is 5.73 Å². The van der Waals surface area contributed by atoms with Crippen LogP contribution in [-0.2, 0) is 5.41 Å². The van der Waals surface area contributed by atoms with Gasteiger partial charge in [-0.15, -0.1) is 0 Å². The Morgan fingerprint density at radius 2 is 0.926 bits per heavy atom. The number of phenols is 2. The number of nitrogen functional groups attached to an aromatic ring is 1. The van der Waals surface area contributed by atoms with E-state index in [4.69, 9.17) is 5.73 Å². The molecular weight excluding hydrogens is 334 g/mol. The number of hydrogen-bond donors (Lipinski definition) is 3. The van der Waals surface area contributed by atoms with E-state index in [0.717, 1.165) is 27.8 Å². The molecule has 0 heterocycles. The number of benzene rings is 2. The number of anilines is 1. The highest BCUT2D eigenvalue weighted by Gasteiger charge is 2.25. The molecule has 0 fully saturated rings. The molecular formula is C24H41NO2. The Morgan fingerprint density at radius 3 is 1.26 bits per heavy atom. The zero-order valence-electron chi connectivity index (χ0n) is 19.3. The Labute approximate surface area is 167 Å². The molecule has 3 nitrogen and oxygen atoms in total. The Balaban J connectivity index is 0. The number of hydrogen-bond acceptors (Lipinski definition) is 3. The molecule has 154 valence electrons. The van der Waals surface area contributed by atoms with Gasteiger partial charge in [-0.1, -0.05) is 73.6 Å². The zero-order valence-corrected chi connectivity index (χ0v) is 19.3. The van der Waals surface area contributed by atoms with Crippen LogP contribution in [0.2, 0.25) is 0 Å². The van der Waals surface area contributed by atoms with Crippen LogP contribution in [0.15, 0.2) is 24.3 Å². The SMILES string of the molecule is CC.CC.CC.Cc1cc(C(C)(C)c2cc(C)c(O)c(N)c2)cc(C)c1O. The van der Waals surface area contributed by atoms with E-state index in [1.165, 1.54) is 0 Å². The predicted octanol–water partition coefficient (Wildman–Crippen LogP) is 7.01. The van der Waals surface area contributed by atoms with Gasteiger partial charge in [0.1, 0.15) is 11.5 Å². The van der Waals surface area contributed by atoms with Crippen LogP contribution in [0.25, 0.3) is 0 Å². The molecule has 0 atom stereocenters. The van der Waals surface area contributed by atoms with E-state index in [1.807, 2.05) is 86.6 Å². The maximum atomic E-state index is 9.94. The third-order valence-electron chi connectivity index (χ3n) is 4.26. The second-order valence-electron chi connectivity index (χ2n) is 6.31. The normalized spacial score (nSPS) is 9.74. The number of aryl methyl sites for hydroxylation is 3. The predicted molar refractivity (Wildman–Crippen MR) is 121 cm³/mol. The summed E-state index contributed by atoms with van der Waals surface area (Å²) >= 11 is 0. The van der Waals surface area contributed by atoms with Gasteiger partial charge >= 0.3 is 0 Å². The first-order valence-electron chi connectivity index (χ1n) is 10.0. The van der Waals surface area contributed by atoms with Crippen molar-refractivity contribution in [3.8, 4) is 11.5 Å². The van der Waals surface area contributed by atoms with Crippen molar-refractivity contribution in [3.05, 3.63) is 52.1 Å². The second-order valence-corrected chi connectivity index (χ2v) is 6.31. The van der Waals surface area contributed by atoms with Gasteiger partial charge in [0.05, 0.1) is 5.69 Å². The summed E-state index contributed by atoms with van der Waals surface area (Å²) in [6.07, 6.45) is 0. The van der Waals surface area contributed by atoms with E-state index in [-0.39, 0.29) is 11.2 Å². The van der Waals surface area contributed by atoms with Gasteiger partial charge in [0, 0.05) is 5.41 Å². The summed E-state index contributed by atoms with van der Waals surface area (Å²) in [6, 6.07) is 7.78. The number of rotatable bonds is 2. The summed E-state index contributed by atoms with van der Waals surface area (Å²) < 4.78 is 0. The van der Waals surface area contributed by atoms with Crippen LogP contribution in [0.5, 0.6) is 11.5 Å². The lowest BCUT2D eigenvalue weighted by Gasteiger charge is -2.28. The Bertz CT molecular complexity index is 598. The van der Waals surface area contributed by atoms with Crippen molar-refractivity contribution >= 4 is 5.69 Å². The van der Waals surface area contributed by atoms with E-state index in [0.29, 0.717) is 11.4 Å². The fourth-order valence-electron chi connectivity index (χ4n) is 2.65. The molecule has 0 aliphatic carbocycles. The van der Waals surface area contributed by atoms with Crippen LogP contribution in [0.4, 0.5) is 5.69 Å². The highest BCUT2D eigenvalue weighted by Crippen LogP contribution is 2.38. The molecule has 0 radical (unpaired) electrons. The van der Waals surface area contributed by atoms with Crippen molar-refractivity contribution in [2.75, 3.05) is 5.73 Å². The van der Waals surface area contributed by atoms with Crippen LogP contribution in [-0.4, -0.2) is 10.2 Å². The van der Waals surface area contributed by atoms with Gasteiger partial charge in [0.2, 0.25) is 0 Å². The molecule has 2 rings (SSSR count). The lowest BCUT2D eigenvalue weighted by atomic mass is 9.76. The van der Waals surface area contributed by atoms with Crippen molar-refractivity contribution < 1.29 is 10.2 Å². The van der Waals surface area contributed by atoms with Gasteiger partial charge in [0.15, 0.2) is 0 Å². The molecule has 0 amide bonds. The smallest absolute Gasteiger partial charge is 0.141 e. The van der Waals surface area contributed by atoms with Crippen LogP contribution in [0.1, 0.15) is 83.2 Å². The van der Waals surface area contributed by atoms with Crippen molar-refractivity contribution in [2.24, 2.45) is 0 Å². The number of phenolic OH excluding ortho intramolecular Hbond substituents is 2. The maximum absolute atomic E-state index is 9.94. The number of nitrogens with two attached hydrogens (primary N) is 1. The molecule has 2 aromatic rings. The van der Waals surface area contributed by atoms with Crippen molar-refractivity contribution in [2.45, 2.75) is 81.6 Å². The molecule has 0 saturated heterocycles. The summed E-state index contributed by atoms with van der Waals surface area (Å²) in [6.45, 7) is 21.9. The van der Waals surface area contributed by atoms with E-state index in [1.54, 1.807) is 0 Å². The lowest BCUT2D eigenvalue weighted by Crippen LogP contribution is -2.20. The summed E-state index contributed by atoms with van der Waals surface area (Å²) in [5, 5.41) is 19.8. The minimum Gasteiger partial charge on any atom is -0.507 e. The summed E-state index contributed by atoms with van der Waals surface area (Å²) in [7, 11) is 0. The molecule has 0 spiro atoms. The van der Waals surface area contributed by atoms with Crippen LogP contribution in [0.3, 0.4) is 0 Å². The van der Waals surface area contributed by atoms with Crippen LogP contribution >= 0.6 is 0 Å². The standard InChI is InChI=1S/C18H23NO2.3C2H6/c1-10-6-13(7-11(2)16(10)20)18(4,5)14-8-12(3)17(21)15(19)9-14;3*1-2/h6-9,20-21H,19H2,1-5H3;3*1-2H3. The van der Waals surface area contributed by atoms with Gasteiger partial charge < -0.3 is 15.9 Å². The molecule has 0 bridgehead atoms. The molecule has 4 N–H and O–H groups in total. The largest absolute Gasteiger partial charge is 0.507 e. The summed E-state index contributed by atoms with van der Waals surface area (Å²) in [4.78, 5) is 0. The Kier molecular flexibility index (Phi) is 12.3. The quantitative estimate of drug-likeness (QED) is 0.390. The third-order valence-corrected chi connectivity index (χ3v) is 4.26. The molecule has 27 heavy (non-hydrogen) atoms. The molecule has 0 aliphatic rings. The molecule has 0 saturated carbocycles. The van der Waals surface area contributed by atoms with Gasteiger partial charge in [-0.2, -0.15) is 0 Å². The first-order valence-corrected chi connectivity index (χ1v) is 10.0. The van der Waals surface area contributed by atoms with Gasteiger partial charge in [0.25, 0.3) is 0 Å². The summed E-state index contributed by atoms with van der Waals surface area (Å²) in [5.74, 6) is 0.489. The Morgan fingerprint density at radius 1 is 0.630 bits per heavy atom. The average molecular weight is 376 g/mol. The van der Waals surface area contributed by atoms with E-state index in [2.05, 4.69) is 13.8 Å². The van der Waals surface area contributed by atoms with Gasteiger partial charge in [-0.05, 0) is 54.7 Å². The topological polar surface area (TPSA) is 66.5 Å². The first kappa shape index (κ1) is 27.1. The second kappa shape index (κ2) is 12.3. The highest BCUT2D eigenvalue weighted by atomic mass is 16.3. The zero-order chi connectivity index (χ0) is 21.9. The van der Waals surface area contributed by atoms with Crippen molar-refractivity contribution in [3.63, 3.8) is 0 Å². The van der Waals surface area contributed by atoms with Crippen LogP contribution in [0, 0.1) is 20.8 Å². The minimum atomic E-state index is -0.268. The monoisotopic (exact) mass is 375 g/mol. The average Bonchev–Trinajstić information content (AvgIpc) is 2.68. The maximum Gasteiger partial charge on any atom is 0.141 e. The van der Waals surface area contributed by atoms with E-state index in [9.17, 15) is 10.2 Å². The van der Waals surface area contributed by atoms with E-state index < -0.39 is 0 Å². The highest BCUT2D eigenvalue weighted by molar-refractivity contribution is 5.60. The molecule has 3 heteroatoms. The molecule has 2 aromatic carbocycles. The molecule has 0 unspecified atom stereocenters. The van der Waals surface area contributed by atoms with Crippen molar-refractivity contribution in [1.29, 1.82) is 0 Å². The Hall–Kier alpha value is -2.16. The van der Waals surface area contributed by atoms with Crippen molar-refractivity contribution in [1.82, 2.24) is 0 Å². The lowest BCUT2D eigenvalue weighted by molar-refractivity contribution is 0.465. The first-order chi connectivity index (χ1) is 12.6. The van der Waals surface area contributed by atoms with Gasteiger partial charge in [-0.25, -0.2) is 0 Å². The fraction of sp³-hybridized carbons (Fsp3) is 0.500. The molecule has 0 aliphatic heterocycles. The fourth-order valence-corrected chi connectivity index (χ4v) is 2.65. The minimum absolute atomic E-state index is 0.146. The third kappa shape index (κ3) is 6.50. The van der Waals surface area contributed by atoms with Gasteiger partial charge in [-0.3, -0.25) is 0 Å². The summed E-state index contributed by atoms with van der Waals surface area (Å²) in [5.41, 5.74) is 10.7. The number of aromatic hydroxyl groups is 2. The molecule has 0 aromatic heterocycles. The van der Waals surface area contributed by atoms with E-state index >= 15 is 0 Å².